The number of hydrogen-bond acceptors (Lipinski definition) is 4. The van der Waals surface area contributed by atoms with E-state index < -0.39 is 11.6 Å². The standard InChI is InChI=1S/C28H32Cl2N2O3/c1-5-28(34,19(2)18-32(3)4)21-11-8-12-22(17-21)35-26(33)16-20-10-6-7-15-25(20)31-27-23(29)13-9-14-24(27)30/h6-15,17,19,31,34H,5,16,18H2,1-4H3/p+1/t19-,28-/m1/s1. The van der Waals surface area contributed by atoms with Gasteiger partial charge in [-0.1, -0.05) is 73.4 Å². The average molecular weight is 516 g/mol. The lowest BCUT2D eigenvalue weighted by molar-refractivity contribution is -0.133. The van der Waals surface area contributed by atoms with Crippen LogP contribution in [0, 0.1) is 5.92 Å². The molecule has 3 N–H and O–H groups in total. The van der Waals surface area contributed by atoms with Gasteiger partial charge < -0.3 is 20.1 Å². The predicted octanol–water partition coefficient (Wildman–Crippen LogP) is 6.41. The number of hydrogen-bond donors (Lipinski definition) is 1. The molecule has 0 aliphatic carbocycles. The number of halogens is 2. The smallest absolute Gasteiger partial charge is 0.315 e. The quantitative estimate of drug-likeness (QED) is 0.192. The molecule has 0 saturated carbocycles. The average Bonchev–Trinajstić information content (AvgIpc) is 2.81. The summed E-state index contributed by atoms with van der Waals surface area (Å²) < 4.78 is 5.70. The van der Waals surface area contributed by atoms with Crippen molar-refractivity contribution in [2.45, 2.75) is 32.3 Å². The summed E-state index contributed by atoms with van der Waals surface area (Å²) in [5, 5.41) is 13.4. The highest BCUT2D eigenvalue weighted by Gasteiger charge is 2.39. The third-order valence-electron chi connectivity index (χ3n) is 6.19. The first-order valence-electron chi connectivity index (χ1n) is 11.6. The van der Waals surface area contributed by atoms with Gasteiger partial charge in [0.25, 0.3) is 0 Å². The Bertz CT molecular complexity index is 1150. The van der Waals surface area contributed by atoms with Crippen molar-refractivity contribution >= 4 is 40.5 Å². The Labute approximate surface area is 217 Å². The zero-order valence-corrected chi connectivity index (χ0v) is 22.1. The maximum atomic E-state index is 12.9. The fourth-order valence-electron chi connectivity index (χ4n) is 4.25. The monoisotopic (exact) mass is 515 g/mol. The van der Waals surface area contributed by atoms with Gasteiger partial charge in [-0.25, -0.2) is 0 Å². The summed E-state index contributed by atoms with van der Waals surface area (Å²) in [6, 6.07) is 20.1. The van der Waals surface area contributed by atoms with Crippen molar-refractivity contribution in [2.75, 3.05) is 26.0 Å². The van der Waals surface area contributed by atoms with Crippen LogP contribution in [0.5, 0.6) is 5.75 Å². The second-order valence-electron chi connectivity index (χ2n) is 9.05. The third kappa shape index (κ3) is 6.77. The van der Waals surface area contributed by atoms with Crippen LogP contribution in [-0.4, -0.2) is 36.6 Å². The molecule has 7 heteroatoms. The zero-order chi connectivity index (χ0) is 25.6. The normalized spacial score (nSPS) is 13.8. The third-order valence-corrected chi connectivity index (χ3v) is 6.82. The van der Waals surface area contributed by atoms with Crippen molar-refractivity contribution in [1.82, 2.24) is 4.90 Å². The second-order valence-corrected chi connectivity index (χ2v) is 9.86. The van der Waals surface area contributed by atoms with Crippen LogP contribution in [0.15, 0.2) is 66.7 Å². The molecule has 0 unspecified atom stereocenters. The Morgan fingerprint density at radius 3 is 2.37 bits per heavy atom. The Hall–Kier alpha value is -2.57. The predicted molar refractivity (Wildman–Crippen MR) is 145 cm³/mol. The second kappa shape index (κ2) is 11.9. The minimum Gasteiger partial charge on any atom is -0.437 e. The van der Waals surface area contributed by atoms with E-state index in [1.165, 1.54) is 0 Å². The topological polar surface area (TPSA) is 64.5 Å². The van der Waals surface area contributed by atoms with Gasteiger partial charge in [0.05, 0.1) is 22.2 Å². The van der Waals surface area contributed by atoms with Gasteiger partial charge in [-0.3, -0.25) is 4.79 Å². The number of carbonyl (C=O) groups is 1. The lowest BCUT2D eigenvalue weighted by Crippen LogP contribution is -2.38. The number of ether oxygens (including phenoxy) is 1. The molecular formula is C28H33Cl2N2O3+. The Kier molecular flexibility index (Phi) is 9.20. The first kappa shape index (κ1) is 27.0. The highest BCUT2D eigenvalue weighted by Crippen LogP contribution is 2.36. The minimum absolute atomic E-state index is 0.0618. The lowest BCUT2D eigenvalue weighted by Gasteiger charge is -2.31. The maximum Gasteiger partial charge on any atom is 0.315 e. The highest BCUT2D eigenvalue weighted by molar-refractivity contribution is 6.39. The zero-order valence-electron chi connectivity index (χ0n) is 20.6. The van der Waals surface area contributed by atoms with Gasteiger partial charge in [-0.05, 0) is 50.0 Å². The fourth-order valence-corrected chi connectivity index (χ4v) is 4.74. The largest absolute Gasteiger partial charge is 0.437 e. The summed E-state index contributed by atoms with van der Waals surface area (Å²) in [4.78, 5) is 15.0. The van der Waals surface area contributed by atoms with Gasteiger partial charge in [0.1, 0.15) is 5.75 Å². The van der Waals surface area contributed by atoms with E-state index in [2.05, 4.69) is 17.1 Å². The molecule has 0 aliphatic rings. The van der Waals surface area contributed by atoms with Crippen LogP contribution >= 0.6 is 23.2 Å². The van der Waals surface area contributed by atoms with Crippen molar-refractivity contribution in [3.8, 4) is 5.75 Å². The van der Waals surface area contributed by atoms with E-state index in [1.807, 2.05) is 63.5 Å². The van der Waals surface area contributed by atoms with E-state index in [1.54, 1.807) is 24.3 Å². The molecule has 3 rings (SSSR count). The number of benzene rings is 3. The molecule has 5 nitrogen and oxygen atoms in total. The van der Waals surface area contributed by atoms with Crippen molar-refractivity contribution in [1.29, 1.82) is 0 Å². The summed E-state index contributed by atoms with van der Waals surface area (Å²) in [6.07, 6.45) is 0.718. The van der Waals surface area contributed by atoms with Gasteiger partial charge in [-0.15, -0.1) is 0 Å². The molecule has 0 fully saturated rings. The van der Waals surface area contributed by atoms with E-state index in [0.717, 1.165) is 23.4 Å². The molecule has 35 heavy (non-hydrogen) atoms. The van der Waals surface area contributed by atoms with Gasteiger partial charge in [0.15, 0.2) is 5.60 Å². The van der Waals surface area contributed by atoms with Crippen LogP contribution in [-0.2, 0) is 16.8 Å². The van der Waals surface area contributed by atoms with Crippen LogP contribution in [0.25, 0.3) is 0 Å². The van der Waals surface area contributed by atoms with Gasteiger partial charge in [-0.2, -0.15) is 0 Å². The molecule has 3 aromatic carbocycles. The van der Waals surface area contributed by atoms with Crippen LogP contribution in [0.1, 0.15) is 31.4 Å². The van der Waals surface area contributed by atoms with E-state index in [-0.39, 0.29) is 12.3 Å². The highest BCUT2D eigenvalue weighted by atomic mass is 35.5. The molecular weight excluding hydrogens is 483 g/mol. The van der Waals surface area contributed by atoms with E-state index in [4.69, 9.17) is 33.0 Å². The number of para-hydroxylation sites is 2. The number of esters is 1. The van der Waals surface area contributed by atoms with Crippen LogP contribution in [0.4, 0.5) is 11.4 Å². The number of anilines is 2. The number of rotatable bonds is 10. The SMILES string of the molecule is CC[C@]([OH2+])(c1cccc(OC(=O)Cc2ccccc2Nc2c(Cl)cccc2Cl)c1)[C@H](C)CN(C)C. The van der Waals surface area contributed by atoms with E-state index in [0.29, 0.717) is 27.9 Å². The van der Waals surface area contributed by atoms with Gasteiger partial charge in [0, 0.05) is 30.1 Å². The molecule has 0 spiro atoms. The summed E-state index contributed by atoms with van der Waals surface area (Å²) in [6.45, 7) is 4.90. The fraction of sp³-hybridized carbons (Fsp3) is 0.321. The number of nitrogens with one attached hydrogen (secondary N) is 1. The van der Waals surface area contributed by atoms with Crippen molar-refractivity contribution in [3.63, 3.8) is 0 Å². The van der Waals surface area contributed by atoms with Gasteiger partial charge >= 0.3 is 5.97 Å². The van der Waals surface area contributed by atoms with Crippen LogP contribution in [0.3, 0.4) is 0 Å². The summed E-state index contributed by atoms with van der Waals surface area (Å²) in [7, 11) is 4.02. The molecule has 0 heterocycles. The Morgan fingerprint density at radius 1 is 1.06 bits per heavy atom. The lowest BCUT2D eigenvalue weighted by atomic mass is 9.80. The van der Waals surface area contributed by atoms with Crippen molar-refractivity contribution in [2.24, 2.45) is 5.92 Å². The molecule has 186 valence electrons. The van der Waals surface area contributed by atoms with Gasteiger partial charge in [0.2, 0.25) is 0 Å². The van der Waals surface area contributed by atoms with Crippen LogP contribution in [0.2, 0.25) is 10.0 Å². The van der Waals surface area contributed by atoms with Crippen molar-refractivity contribution < 1.29 is 14.6 Å². The summed E-state index contributed by atoms with van der Waals surface area (Å²) in [5.41, 5.74) is 2.13. The first-order chi connectivity index (χ1) is 16.6. The molecule has 0 aromatic heterocycles. The molecule has 0 aliphatic heterocycles. The molecule has 2 atom stereocenters. The number of nitrogens with zero attached hydrogens (tertiary/aromatic N) is 1. The summed E-state index contributed by atoms with van der Waals surface area (Å²) in [5.74, 6) is 0.146. The number of carbonyl (C=O) groups excluding carboxylic acids is 1. The first-order valence-corrected chi connectivity index (χ1v) is 12.4. The summed E-state index contributed by atoms with van der Waals surface area (Å²) >= 11 is 12.6. The van der Waals surface area contributed by atoms with E-state index >= 15 is 0 Å². The molecule has 0 saturated heterocycles. The Balaban J connectivity index is 1.77. The minimum atomic E-state index is -0.780. The molecule has 0 radical (unpaired) electrons. The Morgan fingerprint density at radius 2 is 1.71 bits per heavy atom. The van der Waals surface area contributed by atoms with Crippen LogP contribution < -0.4 is 10.1 Å². The molecule has 0 amide bonds. The molecule has 3 aromatic rings. The molecule has 0 bridgehead atoms. The van der Waals surface area contributed by atoms with Crippen molar-refractivity contribution in [3.05, 3.63) is 87.9 Å². The maximum absolute atomic E-state index is 12.9. The van der Waals surface area contributed by atoms with E-state index in [9.17, 15) is 4.79 Å².